The molecule has 8 heteroatoms. The van der Waals surface area contributed by atoms with Gasteiger partial charge in [0.1, 0.15) is 19.6 Å². The number of carbonyl (C=O) groups is 1. The van der Waals surface area contributed by atoms with E-state index in [9.17, 15) is 13.6 Å². The van der Waals surface area contributed by atoms with Crippen LogP contribution in [0.3, 0.4) is 0 Å². The van der Waals surface area contributed by atoms with Crippen LogP contribution >= 0.6 is 0 Å². The number of rotatable bonds is 5. The summed E-state index contributed by atoms with van der Waals surface area (Å²) in [6.45, 7) is 7.67. The van der Waals surface area contributed by atoms with E-state index in [4.69, 9.17) is 9.10 Å². The number of amides is 1. The molecule has 0 N–H and O–H groups in total. The van der Waals surface area contributed by atoms with Gasteiger partial charge in [0.25, 0.3) is 5.91 Å². The molecule has 0 unspecified atom stereocenters. The minimum Gasteiger partial charge on any atom is -0.435 e. The number of hydrogen-bond donors (Lipinski definition) is 0. The molecule has 0 radical (unpaired) electrons. The Labute approximate surface area is 228 Å². The van der Waals surface area contributed by atoms with E-state index >= 15 is 0 Å². The number of hydrogen-bond acceptors (Lipinski definition) is 3. The minimum absolute atomic E-state index is 0.0203. The molecule has 3 heterocycles. The third-order valence-electron chi connectivity index (χ3n) is 8.45. The monoisotopic (exact) mass is 538 g/mol. The summed E-state index contributed by atoms with van der Waals surface area (Å²) < 4.78 is 57.5. The Balaban J connectivity index is 1.79. The lowest BCUT2D eigenvalue weighted by atomic mass is 9.94. The zero-order chi connectivity index (χ0) is 30.0. The van der Waals surface area contributed by atoms with Crippen LogP contribution in [0.4, 0.5) is 8.78 Å². The van der Waals surface area contributed by atoms with Gasteiger partial charge in [0.2, 0.25) is 0 Å². The Morgan fingerprint density at radius 1 is 1.08 bits per heavy atom. The highest BCUT2D eigenvalue weighted by Crippen LogP contribution is 2.48. The highest BCUT2D eigenvalue weighted by atomic mass is 28.3. The Morgan fingerprint density at radius 2 is 1.79 bits per heavy atom. The number of alkyl halides is 2. The first-order valence-corrected chi connectivity index (χ1v) is 15.4. The molecule has 200 valence electrons. The molecule has 5 nitrogen and oxygen atoms in total. The lowest BCUT2D eigenvalue weighted by molar-refractivity contribution is -0.0497. The molecule has 0 aliphatic carbocycles. The van der Waals surface area contributed by atoms with Crippen molar-refractivity contribution in [2.45, 2.75) is 83.3 Å². The van der Waals surface area contributed by atoms with Crippen LogP contribution in [-0.2, 0) is 0 Å². The molecule has 0 spiro atoms. The molecule has 2 atom stereocenters. The van der Waals surface area contributed by atoms with Gasteiger partial charge in [0.05, 0.1) is 23.1 Å². The number of carbonyl (C=O) groups excluding carboxylic acids is 1. The van der Waals surface area contributed by atoms with Crippen LogP contribution in [0.25, 0.3) is 11.0 Å². The molecule has 2 aliphatic rings. The third-order valence-corrected chi connectivity index (χ3v) is 14.7. The summed E-state index contributed by atoms with van der Waals surface area (Å²) in [5.41, 5.74) is 7.61. The Bertz CT molecular complexity index is 1550. The molecule has 2 aliphatic heterocycles. The second-order valence-electron chi connectivity index (χ2n) is 11.2. The van der Waals surface area contributed by atoms with Crippen LogP contribution in [0.15, 0.2) is 36.4 Å². The maximum atomic E-state index is 13.9. The van der Waals surface area contributed by atoms with Gasteiger partial charge in [0.15, 0.2) is 0 Å². The Kier molecular flexibility index (Phi) is 5.71. The quantitative estimate of drug-likeness (QED) is 0.252. The molecule has 1 aromatic heterocycles. The van der Waals surface area contributed by atoms with Crippen molar-refractivity contribution in [3.63, 3.8) is 0 Å². The van der Waals surface area contributed by atoms with Gasteiger partial charge in [0, 0.05) is 40.3 Å². The predicted octanol–water partition coefficient (Wildman–Crippen LogP) is 7.33. The van der Waals surface area contributed by atoms with Crippen molar-refractivity contribution in [2.75, 3.05) is 6.98 Å². The van der Waals surface area contributed by atoms with Gasteiger partial charge >= 0.3 is 6.61 Å². The second-order valence-corrected chi connectivity index (χ2v) is 16.8. The fourth-order valence-corrected chi connectivity index (χ4v) is 12.0. The molecule has 1 amide bonds. The van der Waals surface area contributed by atoms with Crippen molar-refractivity contribution in [1.82, 2.24) is 14.5 Å². The molecule has 0 saturated heterocycles. The van der Waals surface area contributed by atoms with E-state index < -0.39 is 39.7 Å². The zero-order valence-electron chi connectivity index (χ0n) is 25.5. The Morgan fingerprint density at radius 3 is 2.42 bits per heavy atom. The van der Waals surface area contributed by atoms with Gasteiger partial charge in [-0.2, -0.15) is 8.78 Å². The Hall–Kier alpha value is -3.18. The predicted molar refractivity (Wildman–Crippen MR) is 148 cm³/mol. The maximum Gasteiger partial charge on any atom is 0.387 e. The SMILES string of the molecule is [2H]C([2H])([2H])N1C(=O)c2cccc(C#C[Si](C(C)C)(C(C)C)C(C)C)c2[C@H]2C[C@@H]1c1nc3ccc(OC(F)F)cc3n12. The number of halogens is 2. The number of benzene rings is 2. The summed E-state index contributed by atoms with van der Waals surface area (Å²) in [4.78, 5) is 19.6. The number of aromatic nitrogens is 2. The van der Waals surface area contributed by atoms with Crippen molar-refractivity contribution >= 4 is 25.0 Å². The van der Waals surface area contributed by atoms with Gasteiger partial charge < -0.3 is 14.2 Å². The molecular weight excluding hydrogens is 500 g/mol. The number of ether oxygens (including phenoxy) is 1. The summed E-state index contributed by atoms with van der Waals surface area (Å²) >= 11 is 0. The third kappa shape index (κ3) is 3.94. The number of fused-ring (bicyclic) bond motifs is 9. The summed E-state index contributed by atoms with van der Waals surface area (Å²) in [5, 5.41) is 0. The lowest BCUT2D eigenvalue weighted by Crippen LogP contribution is -2.43. The topological polar surface area (TPSA) is 47.4 Å². The zero-order valence-corrected chi connectivity index (χ0v) is 23.5. The largest absolute Gasteiger partial charge is 0.435 e. The second kappa shape index (κ2) is 9.53. The molecule has 2 bridgehead atoms. The molecule has 0 fully saturated rings. The number of imidazole rings is 1. The minimum atomic E-state index is -2.99. The highest BCUT2D eigenvalue weighted by molar-refractivity contribution is 6.90. The summed E-state index contributed by atoms with van der Waals surface area (Å²) in [7, 11) is -2.13. The van der Waals surface area contributed by atoms with Gasteiger partial charge in [-0.1, -0.05) is 53.5 Å². The maximum absolute atomic E-state index is 13.9. The van der Waals surface area contributed by atoms with E-state index in [1.807, 2.05) is 10.6 Å². The molecule has 2 aromatic carbocycles. The average Bonchev–Trinajstić information content (AvgIpc) is 3.35. The first-order chi connectivity index (χ1) is 19.2. The normalized spacial score (nSPS) is 20.3. The van der Waals surface area contributed by atoms with Crippen LogP contribution in [0, 0.1) is 11.5 Å². The van der Waals surface area contributed by atoms with Crippen molar-refractivity contribution in [1.29, 1.82) is 0 Å². The molecular formula is C30H35F2N3O2Si. The first-order valence-electron chi connectivity index (χ1n) is 14.6. The van der Waals surface area contributed by atoms with Gasteiger partial charge in [-0.15, -0.1) is 5.54 Å². The molecule has 3 aromatic rings. The van der Waals surface area contributed by atoms with E-state index in [1.54, 1.807) is 18.2 Å². The summed E-state index contributed by atoms with van der Waals surface area (Å²) in [6.07, 6.45) is 0.287. The summed E-state index contributed by atoms with van der Waals surface area (Å²) in [5.74, 6) is 3.30. The standard InChI is InChI=1S/C30H35F2N3O2Si/c1-17(2)38(18(3)4,19(5)6)14-13-20-9-8-10-22-27(20)25-16-26(34(7)29(22)36)28-33-23-12-11-21(37-30(31)32)15-24(23)35(25)28/h8-12,15,17-19,25-26,30H,16H2,1-7H3/t25-,26-/m1/s1/i7D3. The highest BCUT2D eigenvalue weighted by Gasteiger charge is 2.45. The van der Waals surface area contributed by atoms with Crippen LogP contribution < -0.4 is 4.74 Å². The van der Waals surface area contributed by atoms with E-state index in [0.717, 1.165) is 4.90 Å². The van der Waals surface area contributed by atoms with Gasteiger partial charge in [-0.3, -0.25) is 4.79 Å². The van der Waals surface area contributed by atoms with E-state index in [2.05, 4.69) is 57.7 Å². The van der Waals surface area contributed by atoms with E-state index in [0.29, 0.717) is 50.2 Å². The van der Waals surface area contributed by atoms with E-state index in [-0.39, 0.29) is 12.2 Å². The van der Waals surface area contributed by atoms with Crippen LogP contribution in [0.2, 0.25) is 16.6 Å². The smallest absolute Gasteiger partial charge is 0.387 e. The number of nitrogens with zero attached hydrogens (tertiary/aromatic N) is 3. The van der Waals surface area contributed by atoms with Crippen LogP contribution in [-0.4, -0.2) is 42.0 Å². The summed E-state index contributed by atoms with van der Waals surface area (Å²) in [6, 6.07) is 8.49. The van der Waals surface area contributed by atoms with Gasteiger partial charge in [-0.05, 0) is 40.9 Å². The van der Waals surface area contributed by atoms with Gasteiger partial charge in [-0.25, -0.2) is 4.98 Å². The lowest BCUT2D eigenvalue weighted by Gasteiger charge is -2.38. The van der Waals surface area contributed by atoms with E-state index in [1.165, 1.54) is 12.1 Å². The van der Waals surface area contributed by atoms with Crippen LogP contribution in [0.1, 0.15) is 91.5 Å². The van der Waals surface area contributed by atoms with Crippen molar-refractivity contribution in [3.05, 3.63) is 58.9 Å². The molecule has 38 heavy (non-hydrogen) atoms. The van der Waals surface area contributed by atoms with Crippen molar-refractivity contribution in [3.8, 4) is 17.2 Å². The van der Waals surface area contributed by atoms with Crippen molar-refractivity contribution in [2.24, 2.45) is 0 Å². The fourth-order valence-electron chi connectivity index (χ4n) is 6.82. The van der Waals surface area contributed by atoms with Crippen molar-refractivity contribution < 1.29 is 22.4 Å². The first kappa shape index (κ1) is 22.8. The van der Waals surface area contributed by atoms with Crippen LogP contribution in [0.5, 0.6) is 5.75 Å². The average molecular weight is 539 g/mol. The molecule has 0 saturated carbocycles. The fraction of sp³-hybridized carbons (Fsp3) is 0.467. The molecule has 5 rings (SSSR count).